The third kappa shape index (κ3) is 1.87. The van der Waals surface area contributed by atoms with Crippen LogP contribution in [0.15, 0.2) is 30.5 Å². The Hall–Kier alpha value is -1.28. The van der Waals surface area contributed by atoms with E-state index in [0.29, 0.717) is 5.54 Å². The molecule has 0 atom stereocenters. The summed E-state index contributed by atoms with van der Waals surface area (Å²) >= 11 is 0. The van der Waals surface area contributed by atoms with Crippen molar-refractivity contribution in [2.45, 2.75) is 44.7 Å². The number of aromatic nitrogens is 1. The molecule has 1 aliphatic carbocycles. The molecule has 1 fully saturated rings. The monoisotopic (exact) mass is 228 g/mol. The van der Waals surface area contributed by atoms with Crippen LogP contribution in [0.2, 0.25) is 0 Å². The summed E-state index contributed by atoms with van der Waals surface area (Å²) in [5.74, 6) is 0. The molecule has 2 aromatic rings. The number of hydrogen-bond donors (Lipinski definition) is 2. The summed E-state index contributed by atoms with van der Waals surface area (Å²) in [7, 11) is 0. The van der Waals surface area contributed by atoms with Crippen LogP contribution in [0.5, 0.6) is 0 Å². The molecule has 90 valence electrons. The van der Waals surface area contributed by atoms with E-state index < -0.39 is 0 Å². The molecule has 2 N–H and O–H groups in total. The minimum atomic E-state index is 0.429. The van der Waals surface area contributed by atoms with Gasteiger partial charge in [0.15, 0.2) is 0 Å². The van der Waals surface area contributed by atoms with E-state index in [2.05, 4.69) is 47.7 Å². The third-order valence-corrected chi connectivity index (χ3v) is 4.32. The predicted molar refractivity (Wildman–Crippen MR) is 72.0 cm³/mol. The van der Waals surface area contributed by atoms with Crippen LogP contribution in [-0.2, 0) is 6.54 Å². The zero-order valence-electron chi connectivity index (χ0n) is 10.4. The Morgan fingerprint density at radius 2 is 2.12 bits per heavy atom. The van der Waals surface area contributed by atoms with Crippen molar-refractivity contribution >= 4 is 10.9 Å². The summed E-state index contributed by atoms with van der Waals surface area (Å²) in [6.07, 6.45) is 7.45. The summed E-state index contributed by atoms with van der Waals surface area (Å²) in [5.41, 5.74) is 3.06. The van der Waals surface area contributed by atoms with Gasteiger partial charge in [-0.15, -0.1) is 0 Å². The topological polar surface area (TPSA) is 27.8 Å². The lowest BCUT2D eigenvalue weighted by Crippen LogP contribution is -2.49. The van der Waals surface area contributed by atoms with Crippen LogP contribution in [0, 0.1) is 0 Å². The number of nitrogens with one attached hydrogen (secondary N) is 2. The quantitative estimate of drug-likeness (QED) is 0.822. The molecular formula is C15H20N2. The molecule has 0 unspecified atom stereocenters. The molecule has 0 radical (unpaired) electrons. The fourth-order valence-electron chi connectivity index (χ4n) is 2.82. The lowest BCUT2D eigenvalue weighted by molar-refractivity contribution is 0.175. The molecule has 1 aromatic heterocycles. The van der Waals surface area contributed by atoms with Gasteiger partial charge in [-0.3, -0.25) is 0 Å². The van der Waals surface area contributed by atoms with E-state index in [9.17, 15) is 0 Å². The van der Waals surface area contributed by atoms with Gasteiger partial charge in [-0.2, -0.15) is 0 Å². The summed E-state index contributed by atoms with van der Waals surface area (Å²) in [5, 5.41) is 5.11. The lowest BCUT2D eigenvalue weighted by atomic mass is 9.75. The molecule has 0 saturated heterocycles. The largest absolute Gasteiger partial charge is 0.361 e. The molecule has 0 aliphatic heterocycles. The Labute approximate surface area is 102 Å². The normalized spacial score (nSPS) is 18.2. The molecule has 1 saturated carbocycles. The highest BCUT2D eigenvalue weighted by atomic mass is 15.0. The van der Waals surface area contributed by atoms with Gasteiger partial charge in [0, 0.05) is 29.2 Å². The van der Waals surface area contributed by atoms with Crippen molar-refractivity contribution in [3.63, 3.8) is 0 Å². The van der Waals surface area contributed by atoms with Gasteiger partial charge in [0.2, 0.25) is 0 Å². The Balaban J connectivity index is 1.77. The van der Waals surface area contributed by atoms with Crippen molar-refractivity contribution in [3.8, 4) is 0 Å². The van der Waals surface area contributed by atoms with Crippen molar-refractivity contribution in [1.82, 2.24) is 10.3 Å². The molecular weight excluding hydrogens is 208 g/mol. The average molecular weight is 228 g/mol. The first-order valence-corrected chi connectivity index (χ1v) is 6.63. The van der Waals surface area contributed by atoms with Crippen LogP contribution in [0.4, 0.5) is 0 Å². The highest BCUT2D eigenvalue weighted by Crippen LogP contribution is 2.35. The highest BCUT2D eigenvalue weighted by Gasteiger charge is 2.34. The zero-order chi connectivity index (χ0) is 11.7. The molecule has 1 heterocycles. The zero-order valence-corrected chi connectivity index (χ0v) is 10.4. The van der Waals surface area contributed by atoms with Crippen LogP contribution in [0.25, 0.3) is 10.9 Å². The summed E-state index contributed by atoms with van der Waals surface area (Å²) in [6.45, 7) is 3.28. The second-order valence-electron chi connectivity index (χ2n) is 5.20. The van der Waals surface area contributed by atoms with Gasteiger partial charge in [-0.25, -0.2) is 0 Å². The summed E-state index contributed by atoms with van der Waals surface area (Å²) in [6, 6.07) is 8.52. The second kappa shape index (κ2) is 4.19. The van der Waals surface area contributed by atoms with Gasteiger partial charge in [0.1, 0.15) is 0 Å². The smallest absolute Gasteiger partial charge is 0.0457 e. The number of hydrogen-bond acceptors (Lipinski definition) is 1. The number of H-pyrrole nitrogens is 1. The number of para-hydroxylation sites is 1. The molecule has 2 heteroatoms. The van der Waals surface area contributed by atoms with Crippen molar-refractivity contribution in [2.75, 3.05) is 0 Å². The van der Waals surface area contributed by atoms with Gasteiger partial charge in [0.25, 0.3) is 0 Å². The van der Waals surface area contributed by atoms with Crippen LogP contribution in [0.3, 0.4) is 0 Å². The average Bonchev–Trinajstić information content (AvgIpc) is 2.72. The lowest BCUT2D eigenvalue weighted by Gasteiger charge is -2.42. The standard InChI is InChI=1S/C15H20N2/c1-2-15(8-5-9-15)17-11-12-10-16-14-7-4-3-6-13(12)14/h3-4,6-7,10,16-17H,2,5,8-9,11H2,1H3. The SMILES string of the molecule is CCC1(NCc2c[nH]c3ccccc23)CCC1. The van der Waals surface area contributed by atoms with Crippen molar-refractivity contribution in [2.24, 2.45) is 0 Å². The van der Waals surface area contributed by atoms with E-state index in [0.717, 1.165) is 6.54 Å². The van der Waals surface area contributed by atoms with Gasteiger partial charge in [-0.1, -0.05) is 25.1 Å². The van der Waals surface area contributed by atoms with Gasteiger partial charge >= 0.3 is 0 Å². The fourth-order valence-corrected chi connectivity index (χ4v) is 2.82. The third-order valence-electron chi connectivity index (χ3n) is 4.32. The number of fused-ring (bicyclic) bond motifs is 1. The van der Waals surface area contributed by atoms with E-state index in [1.165, 1.54) is 42.1 Å². The highest BCUT2D eigenvalue weighted by molar-refractivity contribution is 5.82. The molecule has 3 rings (SSSR count). The van der Waals surface area contributed by atoms with E-state index in [4.69, 9.17) is 0 Å². The predicted octanol–water partition coefficient (Wildman–Crippen LogP) is 3.59. The molecule has 0 bridgehead atoms. The van der Waals surface area contributed by atoms with Crippen LogP contribution < -0.4 is 5.32 Å². The number of rotatable bonds is 4. The molecule has 2 nitrogen and oxygen atoms in total. The van der Waals surface area contributed by atoms with E-state index >= 15 is 0 Å². The minimum Gasteiger partial charge on any atom is -0.361 e. The maximum absolute atomic E-state index is 3.76. The van der Waals surface area contributed by atoms with Crippen molar-refractivity contribution in [3.05, 3.63) is 36.0 Å². The summed E-state index contributed by atoms with van der Waals surface area (Å²) < 4.78 is 0. The molecule has 0 spiro atoms. The number of aromatic amines is 1. The first-order chi connectivity index (χ1) is 8.33. The van der Waals surface area contributed by atoms with Gasteiger partial charge in [0.05, 0.1) is 0 Å². The Kier molecular flexibility index (Phi) is 2.67. The summed E-state index contributed by atoms with van der Waals surface area (Å²) in [4.78, 5) is 3.34. The molecule has 0 amide bonds. The second-order valence-corrected chi connectivity index (χ2v) is 5.20. The van der Waals surface area contributed by atoms with Crippen molar-refractivity contribution in [1.29, 1.82) is 0 Å². The minimum absolute atomic E-state index is 0.429. The Morgan fingerprint density at radius 3 is 2.82 bits per heavy atom. The van der Waals surface area contributed by atoms with E-state index in [1.54, 1.807) is 0 Å². The first kappa shape index (κ1) is 10.8. The maximum atomic E-state index is 3.76. The van der Waals surface area contributed by atoms with E-state index in [1.807, 2.05) is 0 Å². The number of benzene rings is 1. The molecule has 17 heavy (non-hydrogen) atoms. The van der Waals surface area contributed by atoms with Crippen molar-refractivity contribution < 1.29 is 0 Å². The Bertz CT molecular complexity index is 503. The van der Waals surface area contributed by atoms with Crippen LogP contribution >= 0.6 is 0 Å². The Morgan fingerprint density at radius 1 is 1.29 bits per heavy atom. The molecule has 1 aromatic carbocycles. The van der Waals surface area contributed by atoms with Gasteiger partial charge < -0.3 is 10.3 Å². The van der Waals surface area contributed by atoms with E-state index in [-0.39, 0.29) is 0 Å². The maximum Gasteiger partial charge on any atom is 0.0457 e. The van der Waals surface area contributed by atoms with Gasteiger partial charge in [-0.05, 0) is 37.3 Å². The van der Waals surface area contributed by atoms with Crippen LogP contribution in [-0.4, -0.2) is 10.5 Å². The fraction of sp³-hybridized carbons (Fsp3) is 0.467. The molecule has 1 aliphatic rings. The first-order valence-electron chi connectivity index (χ1n) is 6.63. The van der Waals surface area contributed by atoms with Crippen LogP contribution in [0.1, 0.15) is 38.2 Å².